The van der Waals surface area contributed by atoms with Crippen molar-refractivity contribution in [3.8, 4) is 0 Å². The molecule has 1 saturated heterocycles. The maximum Gasteiger partial charge on any atom is 0.0644 e. The van der Waals surface area contributed by atoms with Gasteiger partial charge in [-0.3, -0.25) is 0 Å². The summed E-state index contributed by atoms with van der Waals surface area (Å²) in [4.78, 5) is 0. The fraction of sp³-hybridized carbons (Fsp3) is 0.750. The average molecular weight is 141 g/mol. The largest absolute Gasteiger partial charge is 0.377 e. The lowest BCUT2D eigenvalue weighted by atomic mass is 10.0. The minimum Gasteiger partial charge on any atom is -0.377 e. The van der Waals surface area contributed by atoms with Crippen molar-refractivity contribution in [1.82, 2.24) is 5.32 Å². The van der Waals surface area contributed by atoms with Crippen molar-refractivity contribution in [2.24, 2.45) is 0 Å². The van der Waals surface area contributed by atoms with Crippen LogP contribution in [0.5, 0.6) is 0 Å². The maximum atomic E-state index is 5.23. The van der Waals surface area contributed by atoms with E-state index in [9.17, 15) is 0 Å². The summed E-state index contributed by atoms with van der Waals surface area (Å²) >= 11 is 0. The zero-order valence-electron chi connectivity index (χ0n) is 6.31. The summed E-state index contributed by atoms with van der Waals surface area (Å²) in [7, 11) is 0. The third-order valence-corrected chi connectivity index (χ3v) is 1.77. The Morgan fingerprint density at radius 3 is 3.00 bits per heavy atom. The van der Waals surface area contributed by atoms with Crippen LogP contribution in [0.2, 0.25) is 0 Å². The third kappa shape index (κ3) is 2.50. The highest BCUT2D eigenvalue weighted by molar-refractivity contribution is 4.76. The Morgan fingerprint density at radius 1 is 1.70 bits per heavy atom. The highest BCUT2D eigenvalue weighted by Gasteiger charge is 2.14. The van der Waals surface area contributed by atoms with Crippen molar-refractivity contribution in [2.45, 2.75) is 18.9 Å². The first-order valence-electron chi connectivity index (χ1n) is 3.85. The fourth-order valence-corrected chi connectivity index (χ4v) is 0.987. The van der Waals surface area contributed by atoms with E-state index in [0.717, 1.165) is 19.1 Å². The van der Waals surface area contributed by atoms with E-state index in [0.29, 0.717) is 6.61 Å². The van der Waals surface area contributed by atoms with E-state index < -0.39 is 0 Å². The van der Waals surface area contributed by atoms with Gasteiger partial charge < -0.3 is 10.1 Å². The van der Waals surface area contributed by atoms with Crippen LogP contribution in [0.4, 0.5) is 0 Å². The summed E-state index contributed by atoms with van der Waals surface area (Å²) in [5, 5.41) is 3.32. The topological polar surface area (TPSA) is 21.3 Å². The van der Waals surface area contributed by atoms with Crippen LogP contribution in [0.3, 0.4) is 0 Å². The smallest absolute Gasteiger partial charge is 0.0644 e. The van der Waals surface area contributed by atoms with Crippen LogP contribution in [0.15, 0.2) is 12.7 Å². The van der Waals surface area contributed by atoms with Crippen molar-refractivity contribution < 1.29 is 4.74 Å². The van der Waals surface area contributed by atoms with Crippen LogP contribution >= 0.6 is 0 Å². The summed E-state index contributed by atoms with van der Waals surface area (Å²) in [6, 6.07) is 0.727. The molecule has 0 aromatic carbocycles. The Morgan fingerprint density at radius 2 is 2.50 bits per heavy atom. The molecule has 0 bridgehead atoms. The summed E-state index contributed by atoms with van der Waals surface area (Å²) in [6.07, 6.45) is 4.25. The van der Waals surface area contributed by atoms with E-state index in [4.69, 9.17) is 4.74 Å². The van der Waals surface area contributed by atoms with E-state index >= 15 is 0 Å². The molecule has 1 unspecified atom stereocenters. The van der Waals surface area contributed by atoms with Gasteiger partial charge >= 0.3 is 0 Å². The highest BCUT2D eigenvalue weighted by atomic mass is 16.5. The monoisotopic (exact) mass is 141 g/mol. The van der Waals surface area contributed by atoms with Gasteiger partial charge in [-0.25, -0.2) is 0 Å². The average Bonchev–Trinajstić information content (AvgIpc) is 1.84. The second-order valence-electron chi connectivity index (χ2n) is 2.59. The zero-order valence-corrected chi connectivity index (χ0v) is 6.31. The van der Waals surface area contributed by atoms with Gasteiger partial charge in [0, 0.05) is 12.6 Å². The van der Waals surface area contributed by atoms with Crippen LogP contribution in [0.1, 0.15) is 12.8 Å². The Hall–Kier alpha value is -0.340. The molecule has 0 amide bonds. The quantitative estimate of drug-likeness (QED) is 0.454. The molecule has 0 spiro atoms. The van der Waals surface area contributed by atoms with Crippen LogP contribution in [0, 0.1) is 0 Å². The van der Waals surface area contributed by atoms with Gasteiger partial charge in [0.1, 0.15) is 0 Å². The molecule has 0 radical (unpaired) electrons. The number of rotatable bonds is 5. The summed E-state index contributed by atoms with van der Waals surface area (Å²) in [5.41, 5.74) is 0. The molecule has 1 heterocycles. The molecule has 2 nitrogen and oxygen atoms in total. The lowest BCUT2D eigenvalue weighted by Crippen LogP contribution is -2.43. The number of nitrogens with one attached hydrogen (secondary N) is 1. The number of ether oxygens (including phenoxy) is 1. The predicted octanol–water partition coefficient (Wildman–Crippen LogP) is 0.941. The summed E-state index contributed by atoms with van der Waals surface area (Å²) < 4.78 is 5.23. The molecule has 1 aliphatic rings. The molecular formula is C8H15NO. The van der Waals surface area contributed by atoms with E-state index in [-0.39, 0.29) is 0 Å². The third-order valence-electron chi connectivity index (χ3n) is 1.77. The van der Waals surface area contributed by atoms with E-state index in [1.807, 2.05) is 0 Å². The van der Waals surface area contributed by atoms with Crippen LogP contribution in [-0.4, -0.2) is 25.8 Å². The first kappa shape index (κ1) is 7.76. The van der Waals surface area contributed by atoms with Crippen molar-refractivity contribution in [2.75, 3.05) is 19.8 Å². The fourth-order valence-electron chi connectivity index (χ4n) is 0.987. The van der Waals surface area contributed by atoms with E-state index in [1.54, 1.807) is 6.08 Å². The van der Waals surface area contributed by atoms with Gasteiger partial charge in [-0.15, -0.1) is 6.58 Å². The lowest BCUT2D eigenvalue weighted by Gasteiger charge is -2.27. The molecule has 0 aromatic heterocycles. The molecular weight excluding hydrogens is 126 g/mol. The number of hydrogen-bond donors (Lipinski definition) is 1. The Balaban J connectivity index is 1.80. The van der Waals surface area contributed by atoms with Crippen molar-refractivity contribution in [1.29, 1.82) is 0 Å². The second kappa shape index (κ2) is 4.47. The predicted molar refractivity (Wildman–Crippen MR) is 42.0 cm³/mol. The molecule has 1 aliphatic heterocycles. The Kier molecular flexibility index (Phi) is 3.47. The van der Waals surface area contributed by atoms with Gasteiger partial charge in [0.25, 0.3) is 0 Å². The van der Waals surface area contributed by atoms with E-state index in [2.05, 4.69) is 11.9 Å². The van der Waals surface area contributed by atoms with Gasteiger partial charge in [-0.2, -0.15) is 0 Å². The SMILES string of the molecule is C=CCOCCC1CCN1. The maximum absolute atomic E-state index is 5.23. The van der Waals surface area contributed by atoms with E-state index in [1.165, 1.54) is 13.0 Å². The van der Waals surface area contributed by atoms with Gasteiger partial charge in [0.15, 0.2) is 0 Å². The molecule has 1 N–H and O–H groups in total. The van der Waals surface area contributed by atoms with Crippen molar-refractivity contribution >= 4 is 0 Å². The Bertz CT molecular complexity index is 99.4. The molecule has 0 aliphatic carbocycles. The lowest BCUT2D eigenvalue weighted by molar-refractivity contribution is 0.140. The molecule has 0 saturated carbocycles. The first-order chi connectivity index (χ1) is 4.93. The van der Waals surface area contributed by atoms with Gasteiger partial charge in [0.05, 0.1) is 6.61 Å². The normalized spacial score (nSPS) is 23.8. The molecule has 10 heavy (non-hydrogen) atoms. The number of hydrogen-bond acceptors (Lipinski definition) is 2. The standard InChI is InChI=1S/C8H15NO/c1-2-6-10-7-4-8-3-5-9-8/h2,8-9H,1,3-7H2. The zero-order chi connectivity index (χ0) is 7.23. The molecule has 58 valence electrons. The van der Waals surface area contributed by atoms with Gasteiger partial charge in [-0.05, 0) is 19.4 Å². The van der Waals surface area contributed by atoms with Crippen molar-refractivity contribution in [3.05, 3.63) is 12.7 Å². The minimum atomic E-state index is 0.687. The summed E-state index contributed by atoms with van der Waals surface area (Å²) in [6.45, 7) is 6.31. The molecule has 1 fully saturated rings. The first-order valence-corrected chi connectivity index (χ1v) is 3.85. The van der Waals surface area contributed by atoms with Gasteiger partial charge in [0.2, 0.25) is 0 Å². The molecule has 1 rings (SSSR count). The van der Waals surface area contributed by atoms with Crippen LogP contribution in [0.25, 0.3) is 0 Å². The van der Waals surface area contributed by atoms with Crippen molar-refractivity contribution in [3.63, 3.8) is 0 Å². The second-order valence-corrected chi connectivity index (χ2v) is 2.59. The molecule has 0 aromatic rings. The summed E-state index contributed by atoms with van der Waals surface area (Å²) in [5.74, 6) is 0. The molecule has 2 heteroatoms. The van der Waals surface area contributed by atoms with Gasteiger partial charge in [-0.1, -0.05) is 6.08 Å². The molecule has 1 atom stereocenters. The van der Waals surface area contributed by atoms with Crippen LogP contribution in [-0.2, 0) is 4.74 Å². The Labute approximate surface area is 62.3 Å². The minimum absolute atomic E-state index is 0.687. The van der Waals surface area contributed by atoms with Crippen LogP contribution < -0.4 is 5.32 Å². The highest BCUT2D eigenvalue weighted by Crippen LogP contribution is 2.05.